The summed E-state index contributed by atoms with van der Waals surface area (Å²) in [6.07, 6.45) is 3.29. The van der Waals surface area contributed by atoms with E-state index in [0.717, 1.165) is 11.4 Å². The zero-order valence-electron chi connectivity index (χ0n) is 14.8. The number of nitrogens with one attached hydrogen (secondary N) is 2. The molecule has 0 aliphatic rings. The van der Waals surface area contributed by atoms with Gasteiger partial charge in [0.05, 0.1) is 12.2 Å². The highest BCUT2D eigenvalue weighted by Gasteiger charge is 2.10. The van der Waals surface area contributed by atoms with Crippen LogP contribution in [0, 0.1) is 0 Å². The molecule has 0 bridgehead atoms. The molecular formula is C20H21N5O. The molecule has 1 amide bonds. The Kier molecular flexibility index (Phi) is 5.53. The number of aromatic nitrogens is 3. The molecular weight excluding hydrogens is 326 g/mol. The van der Waals surface area contributed by atoms with Crippen LogP contribution in [-0.2, 0) is 6.54 Å². The van der Waals surface area contributed by atoms with Gasteiger partial charge in [0.2, 0.25) is 5.95 Å². The van der Waals surface area contributed by atoms with Crippen molar-refractivity contribution < 1.29 is 4.79 Å². The van der Waals surface area contributed by atoms with Crippen LogP contribution in [0.2, 0.25) is 0 Å². The van der Waals surface area contributed by atoms with Gasteiger partial charge in [0.25, 0.3) is 5.91 Å². The molecule has 0 saturated heterocycles. The quantitative estimate of drug-likeness (QED) is 0.708. The predicted octanol–water partition coefficient (Wildman–Crippen LogP) is 3.86. The van der Waals surface area contributed by atoms with E-state index < -0.39 is 0 Å². The first-order chi connectivity index (χ1) is 12.6. The Hall–Kier alpha value is -3.28. The average molecular weight is 347 g/mol. The first kappa shape index (κ1) is 17.5. The predicted molar refractivity (Wildman–Crippen MR) is 102 cm³/mol. The second-order valence-corrected chi connectivity index (χ2v) is 6.17. The van der Waals surface area contributed by atoms with Crippen molar-refractivity contribution in [3.63, 3.8) is 0 Å². The minimum Gasteiger partial charge on any atom is -0.349 e. The number of carbonyl (C=O) groups is 1. The highest BCUT2D eigenvalue weighted by atomic mass is 16.1. The van der Waals surface area contributed by atoms with E-state index in [1.54, 1.807) is 18.5 Å². The first-order valence-electron chi connectivity index (χ1n) is 8.50. The fourth-order valence-corrected chi connectivity index (χ4v) is 2.39. The van der Waals surface area contributed by atoms with E-state index in [-0.39, 0.29) is 5.91 Å². The third kappa shape index (κ3) is 4.63. The summed E-state index contributed by atoms with van der Waals surface area (Å²) in [7, 11) is 0. The van der Waals surface area contributed by atoms with E-state index in [0.29, 0.717) is 24.1 Å². The van der Waals surface area contributed by atoms with Crippen LogP contribution in [0.25, 0.3) is 0 Å². The number of hydrogen-bond donors (Lipinski definition) is 2. The molecule has 26 heavy (non-hydrogen) atoms. The summed E-state index contributed by atoms with van der Waals surface area (Å²) in [6.45, 7) is 4.75. The minimum absolute atomic E-state index is 0.273. The van der Waals surface area contributed by atoms with E-state index in [1.165, 1.54) is 5.56 Å². The lowest BCUT2D eigenvalue weighted by Gasteiger charge is -2.09. The number of rotatable bonds is 6. The summed E-state index contributed by atoms with van der Waals surface area (Å²) >= 11 is 0. The van der Waals surface area contributed by atoms with E-state index in [1.807, 2.05) is 42.5 Å². The maximum Gasteiger partial charge on any atom is 0.274 e. The van der Waals surface area contributed by atoms with Crippen molar-refractivity contribution in [2.75, 3.05) is 10.6 Å². The number of amides is 1. The SMILES string of the molecule is CC(C)c1ccc(NC(=O)c2ccnc(NCc3ccccn3)n2)cc1. The smallest absolute Gasteiger partial charge is 0.274 e. The van der Waals surface area contributed by atoms with Gasteiger partial charge in [-0.3, -0.25) is 9.78 Å². The summed E-state index contributed by atoms with van der Waals surface area (Å²) in [5.41, 5.74) is 3.14. The number of carbonyl (C=O) groups excluding carboxylic acids is 1. The van der Waals surface area contributed by atoms with Crippen molar-refractivity contribution in [1.29, 1.82) is 0 Å². The monoisotopic (exact) mass is 347 g/mol. The van der Waals surface area contributed by atoms with Gasteiger partial charge in [-0.1, -0.05) is 32.0 Å². The molecule has 132 valence electrons. The molecule has 0 atom stereocenters. The molecule has 2 heterocycles. The number of benzene rings is 1. The van der Waals surface area contributed by atoms with Crippen LogP contribution in [-0.4, -0.2) is 20.9 Å². The van der Waals surface area contributed by atoms with Crippen molar-refractivity contribution in [2.24, 2.45) is 0 Å². The second kappa shape index (κ2) is 8.20. The molecule has 0 fully saturated rings. The lowest BCUT2D eigenvalue weighted by Crippen LogP contribution is -2.15. The van der Waals surface area contributed by atoms with Crippen LogP contribution in [0.15, 0.2) is 60.9 Å². The van der Waals surface area contributed by atoms with Crippen molar-refractivity contribution >= 4 is 17.5 Å². The maximum atomic E-state index is 12.4. The third-order valence-corrected chi connectivity index (χ3v) is 3.88. The Labute approximate surface area is 152 Å². The summed E-state index contributed by atoms with van der Waals surface area (Å²) < 4.78 is 0. The Morgan fingerprint density at radius 2 is 1.81 bits per heavy atom. The molecule has 0 spiro atoms. The summed E-state index contributed by atoms with van der Waals surface area (Å²) in [5, 5.41) is 5.93. The maximum absolute atomic E-state index is 12.4. The molecule has 0 radical (unpaired) electrons. The summed E-state index contributed by atoms with van der Waals surface area (Å²) in [4.78, 5) is 25.1. The van der Waals surface area contributed by atoms with Crippen molar-refractivity contribution in [3.8, 4) is 0 Å². The van der Waals surface area contributed by atoms with Crippen molar-refractivity contribution in [2.45, 2.75) is 26.3 Å². The summed E-state index contributed by atoms with van der Waals surface area (Å²) in [6, 6.07) is 15.1. The molecule has 2 N–H and O–H groups in total. The minimum atomic E-state index is -0.273. The molecule has 3 rings (SSSR count). The fraction of sp³-hybridized carbons (Fsp3) is 0.200. The molecule has 0 saturated carbocycles. The standard InChI is InChI=1S/C20H21N5O/c1-14(2)15-6-8-16(9-7-15)24-19(26)18-10-12-22-20(25-18)23-13-17-5-3-4-11-21-17/h3-12,14H,13H2,1-2H3,(H,24,26)(H,22,23,25). The summed E-state index contributed by atoms with van der Waals surface area (Å²) in [5.74, 6) is 0.568. The lowest BCUT2D eigenvalue weighted by atomic mass is 10.0. The zero-order chi connectivity index (χ0) is 18.4. The molecule has 1 aromatic carbocycles. The average Bonchev–Trinajstić information content (AvgIpc) is 2.68. The molecule has 6 heteroatoms. The first-order valence-corrected chi connectivity index (χ1v) is 8.50. The van der Waals surface area contributed by atoms with Gasteiger partial charge in [-0.15, -0.1) is 0 Å². The van der Waals surface area contributed by atoms with Crippen LogP contribution >= 0.6 is 0 Å². The Morgan fingerprint density at radius 1 is 1.00 bits per heavy atom. The van der Waals surface area contributed by atoms with Gasteiger partial charge in [0.1, 0.15) is 5.69 Å². The number of nitrogens with zero attached hydrogens (tertiary/aromatic N) is 3. The normalized spacial score (nSPS) is 10.6. The Balaban J connectivity index is 1.64. The van der Waals surface area contributed by atoms with E-state index in [4.69, 9.17) is 0 Å². The number of anilines is 2. The fourth-order valence-electron chi connectivity index (χ4n) is 2.39. The van der Waals surface area contributed by atoms with Gasteiger partial charge in [-0.2, -0.15) is 0 Å². The van der Waals surface area contributed by atoms with Crippen LogP contribution in [0.1, 0.15) is 41.5 Å². The molecule has 6 nitrogen and oxygen atoms in total. The van der Waals surface area contributed by atoms with Gasteiger partial charge >= 0.3 is 0 Å². The van der Waals surface area contributed by atoms with Gasteiger partial charge in [-0.25, -0.2) is 9.97 Å². The van der Waals surface area contributed by atoms with Gasteiger partial charge in [-0.05, 0) is 41.8 Å². The topological polar surface area (TPSA) is 79.8 Å². The van der Waals surface area contributed by atoms with E-state index in [9.17, 15) is 4.79 Å². The van der Waals surface area contributed by atoms with Crippen LogP contribution in [0.3, 0.4) is 0 Å². The number of hydrogen-bond acceptors (Lipinski definition) is 5. The van der Waals surface area contributed by atoms with Crippen molar-refractivity contribution in [3.05, 3.63) is 77.9 Å². The van der Waals surface area contributed by atoms with E-state index >= 15 is 0 Å². The largest absolute Gasteiger partial charge is 0.349 e. The Morgan fingerprint density at radius 3 is 2.50 bits per heavy atom. The van der Waals surface area contributed by atoms with E-state index in [2.05, 4.69) is 39.4 Å². The van der Waals surface area contributed by atoms with Crippen molar-refractivity contribution in [1.82, 2.24) is 15.0 Å². The zero-order valence-corrected chi connectivity index (χ0v) is 14.8. The van der Waals surface area contributed by atoms with Crippen LogP contribution in [0.5, 0.6) is 0 Å². The highest BCUT2D eigenvalue weighted by molar-refractivity contribution is 6.02. The molecule has 0 aliphatic heterocycles. The highest BCUT2D eigenvalue weighted by Crippen LogP contribution is 2.17. The molecule has 2 aromatic heterocycles. The Bertz CT molecular complexity index is 863. The lowest BCUT2D eigenvalue weighted by molar-refractivity contribution is 0.102. The second-order valence-electron chi connectivity index (χ2n) is 6.17. The molecule has 0 unspecified atom stereocenters. The van der Waals surface area contributed by atoms with Gasteiger partial charge < -0.3 is 10.6 Å². The molecule has 3 aromatic rings. The van der Waals surface area contributed by atoms with Crippen LogP contribution < -0.4 is 10.6 Å². The molecule has 0 aliphatic carbocycles. The third-order valence-electron chi connectivity index (χ3n) is 3.88. The van der Waals surface area contributed by atoms with Gasteiger partial charge in [0.15, 0.2) is 0 Å². The number of pyridine rings is 1. The van der Waals surface area contributed by atoms with Crippen LogP contribution in [0.4, 0.5) is 11.6 Å². The van der Waals surface area contributed by atoms with Gasteiger partial charge in [0, 0.05) is 18.1 Å².